The van der Waals surface area contributed by atoms with Gasteiger partial charge in [0.2, 0.25) is 5.91 Å². The van der Waals surface area contributed by atoms with E-state index in [1.807, 2.05) is 25.8 Å². The van der Waals surface area contributed by atoms with Gasteiger partial charge in [0.25, 0.3) is 0 Å². The van der Waals surface area contributed by atoms with Crippen molar-refractivity contribution in [1.82, 2.24) is 10.2 Å². The van der Waals surface area contributed by atoms with Crippen molar-refractivity contribution in [2.45, 2.75) is 59.4 Å². The zero-order chi connectivity index (χ0) is 13.3. The van der Waals surface area contributed by atoms with Gasteiger partial charge in [-0.1, -0.05) is 40.5 Å². The van der Waals surface area contributed by atoms with E-state index in [1.165, 1.54) is 19.3 Å². The maximum atomic E-state index is 11.6. The molecule has 0 bridgehead atoms. The number of carbonyl (C=O) groups excluding carboxylic acids is 1. The Hall–Kier alpha value is -0.570. The fraction of sp³-hybridized carbons (Fsp3) is 0.929. The number of carbonyl (C=O) groups is 1. The Bertz CT molecular complexity index is 208. The molecule has 0 heterocycles. The van der Waals surface area contributed by atoms with Crippen LogP contribution in [0, 0.1) is 5.92 Å². The third-order valence-corrected chi connectivity index (χ3v) is 2.84. The van der Waals surface area contributed by atoms with E-state index in [2.05, 4.69) is 19.2 Å². The fourth-order valence-electron chi connectivity index (χ4n) is 1.77. The molecule has 1 amide bonds. The van der Waals surface area contributed by atoms with Gasteiger partial charge in [0, 0.05) is 27.0 Å². The van der Waals surface area contributed by atoms with Crippen LogP contribution in [-0.4, -0.2) is 37.0 Å². The molecule has 0 unspecified atom stereocenters. The maximum absolute atomic E-state index is 11.6. The number of amides is 1. The van der Waals surface area contributed by atoms with Crippen molar-refractivity contribution < 1.29 is 6.22 Å². The van der Waals surface area contributed by atoms with Crippen LogP contribution >= 0.6 is 0 Å². The minimum absolute atomic E-state index is 0. The maximum Gasteiger partial charge on any atom is 0.224 e. The summed E-state index contributed by atoms with van der Waals surface area (Å²) in [4.78, 5) is 13.5. The monoisotopic (exact) mass is 244 g/mol. The molecule has 0 fully saturated rings. The molecule has 3 nitrogen and oxygen atoms in total. The van der Waals surface area contributed by atoms with Gasteiger partial charge in [-0.05, 0) is 19.4 Å². The summed E-state index contributed by atoms with van der Waals surface area (Å²) in [5.74, 6) is 0.377. The summed E-state index contributed by atoms with van der Waals surface area (Å²) in [5.41, 5.74) is 0. The predicted molar refractivity (Wildman–Crippen MR) is 76.2 cm³/mol. The summed E-state index contributed by atoms with van der Waals surface area (Å²) < 4.78 is 0. The van der Waals surface area contributed by atoms with Crippen LogP contribution in [0.3, 0.4) is 0 Å². The van der Waals surface area contributed by atoms with Crippen LogP contribution < -0.4 is 5.32 Å². The summed E-state index contributed by atoms with van der Waals surface area (Å²) in [5, 5.41) is 3.41. The molecule has 17 heavy (non-hydrogen) atoms. The standard InChI is InChI=1S/C14H30N2O.H2/c1-12(2)14(17)16(5)11-9-7-6-8-10-15-13(3)4;/h12-13,15H,6-11H2,1-5H3;1H. The van der Waals surface area contributed by atoms with Gasteiger partial charge in [-0.15, -0.1) is 0 Å². The summed E-state index contributed by atoms with van der Waals surface area (Å²) in [6.07, 6.45) is 4.83. The van der Waals surface area contributed by atoms with Gasteiger partial charge in [0.05, 0.1) is 0 Å². The number of nitrogens with one attached hydrogen (secondary N) is 1. The molecule has 0 aromatic carbocycles. The number of unbranched alkanes of at least 4 members (excludes halogenated alkanes) is 3. The predicted octanol–water partition coefficient (Wildman–Crippen LogP) is 2.91. The summed E-state index contributed by atoms with van der Waals surface area (Å²) >= 11 is 0. The van der Waals surface area contributed by atoms with E-state index in [9.17, 15) is 4.79 Å². The molecule has 0 atom stereocenters. The third kappa shape index (κ3) is 9.16. The number of hydrogen-bond acceptors (Lipinski definition) is 2. The minimum Gasteiger partial charge on any atom is -0.346 e. The molecule has 0 saturated heterocycles. The minimum atomic E-state index is 0. The van der Waals surface area contributed by atoms with E-state index in [1.54, 1.807) is 0 Å². The van der Waals surface area contributed by atoms with E-state index in [0.717, 1.165) is 19.5 Å². The van der Waals surface area contributed by atoms with E-state index in [0.29, 0.717) is 6.04 Å². The molecule has 0 rings (SSSR count). The van der Waals surface area contributed by atoms with Gasteiger partial charge in [0.1, 0.15) is 0 Å². The molecule has 104 valence electrons. The highest BCUT2D eigenvalue weighted by Crippen LogP contribution is 2.04. The lowest BCUT2D eigenvalue weighted by Gasteiger charge is -2.19. The van der Waals surface area contributed by atoms with Gasteiger partial charge >= 0.3 is 0 Å². The van der Waals surface area contributed by atoms with E-state index >= 15 is 0 Å². The molecule has 1 N–H and O–H groups in total. The molecule has 0 aliphatic rings. The van der Waals surface area contributed by atoms with Gasteiger partial charge in [0.15, 0.2) is 0 Å². The van der Waals surface area contributed by atoms with Gasteiger partial charge in [-0.25, -0.2) is 0 Å². The van der Waals surface area contributed by atoms with Crippen LogP contribution in [-0.2, 0) is 4.79 Å². The number of nitrogens with zero attached hydrogens (tertiary/aromatic N) is 1. The SMILES string of the molecule is CC(C)NCCCCCCN(C)C(=O)C(C)C.[HH]. The molecule has 0 radical (unpaired) electrons. The highest BCUT2D eigenvalue weighted by molar-refractivity contribution is 5.77. The second-order valence-corrected chi connectivity index (χ2v) is 5.44. The number of hydrogen-bond donors (Lipinski definition) is 1. The molecule has 0 spiro atoms. The van der Waals surface area contributed by atoms with Crippen molar-refractivity contribution >= 4 is 5.91 Å². The van der Waals surface area contributed by atoms with E-state index < -0.39 is 0 Å². The van der Waals surface area contributed by atoms with E-state index in [4.69, 9.17) is 0 Å². The van der Waals surface area contributed by atoms with Crippen LogP contribution in [0.1, 0.15) is 54.8 Å². The first kappa shape index (κ1) is 16.4. The lowest BCUT2D eigenvalue weighted by atomic mass is 10.1. The molecular weight excluding hydrogens is 212 g/mol. The third-order valence-electron chi connectivity index (χ3n) is 2.84. The molecule has 0 aromatic heterocycles. The molecular formula is C14H32N2O. The van der Waals surface area contributed by atoms with Crippen LogP contribution in [0.5, 0.6) is 0 Å². The largest absolute Gasteiger partial charge is 0.346 e. The average molecular weight is 244 g/mol. The van der Waals surface area contributed by atoms with Gasteiger partial charge in [-0.2, -0.15) is 0 Å². The molecule has 0 aliphatic heterocycles. The van der Waals surface area contributed by atoms with Crippen LogP contribution in [0.4, 0.5) is 0 Å². The summed E-state index contributed by atoms with van der Waals surface area (Å²) in [6.45, 7) is 10.3. The average Bonchev–Trinajstić information content (AvgIpc) is 2.25. The molecule has 0 aliphatic carbocycles. The Labute approximate surface area is 108 Å². The number of rotatable bonds is 9. The Morgan fingerprint density at radius 3 is 2.24 bits per heavy atom. The Balaban J connectivity index is 0. The molecule has 3 heteroatoms. The van der Waals surface area contributed by atoms with Crippen LogP contribution in [0.2, 0.25) is 0 Å². The first-order valence-corrected chi connectivity index (χ1v) is 6.93. The normalized spacial score (nSPS) is 11.2. The van der Waals surface area contributed by atoms with Crippen molar-refractivity contribution in [3.8, 4) is 0 Å². The van der Waals surface area contributed by atoms with Crippen molar-refractivity contribution in [3.63, 3.8) is 0 Å². The molecule has 0 aromatic rings. The van der Waals surface area contributed by atoms with Crippen molar-refractivity contribution in [3.05, 3.63) is 0 Å². The summed E-state index contributed by atoms with van der Waals surface area (Å²) in [6, 6.07) is 0.588. The topological polar surface area (TPSA) is 32.3 Å². The quantitative estimate of drug-likeness (QED) is 0.633. The first-order chi connectivity index (χ1) is 7.95. The molecule has 0 saturated carbocycles. The highest BCUT2D eigenvalue weighted by Gasteiger charge is 2.11. The van der Waals surface area contributed by atoms with Crippen molar-refractivity contribution in [2.75, 3.05) is 20.1 Å². The second kappa shape index (κ2) is 9.46. The zero-order valence-electron chi connectivity index (χ0n) is 12.3. The van der Waals surface area contributed by atoms with Crippen LogP contribution in [0.25, 0.3) is 0 Å². The van der Waals surface area contributed by atoms with Crippen molar-refractivity contribution in [2.24, 2.45) is 5.92 Å². The smallest absolute Gasteiger partial charge is 0.224 e. The first-order valence-electron chi connectivity index (χ1n) is 6.93. The Morgan fingerprint density at radius 1 is 1.12 bits per heavy atom. The fourth-order valence-corrected chi connectivity index (χ4v) is 1.77. The summed E-state index contributed by atoms with van der Waals surface area (Å²) in [7, 11) is 1.91. The van der Waals surface area contributed by atoms with Gasteiger partial charge in [-0.3, -0.25) is 4.79 Å². The van der Waals surface area contributed by atoms with Crippen molar-refractivity contribution in [1.29, 1.82) is 0 Å². The zero-order valence-corrected chi connectivity index (χ0v) is 12.3. The lowest BCUT2D eigenvalue weighted by Crippen LogP contribution is -2.31. The second-order valence-electron chi connectivity index (χ2n) is 5.44. The Morgan fingerprint density at radius 2 is 1.71 bits per heavy atom. The van der Waals surface area contributed by atoms with Gasteiger partial charge < -0.3 is 10.2 Å². The Kier molecular flexibility index (Phi) is 9.14. The highest BCUT2D eigenvalue weighted by atomic mass is 16.2. The lowest BCUT2D eigenvalue weighted by molar-refractivity contribution is -0.133. The van der Waals surface area contributed by atoms with E-state index in [-0.39, 0.29) is 13.3 Å². The van der Waals surface area contributed by atoms with Crippen LogP contribution in [0.15, 0.2) is 0 Å².